The van der Waals surface area contributed by atoms with E-state index in [0.29, 0.717) is 6.04 Å². The molecule has 1 heterocycles. The van der Waals surface area contributed by atoms with Crippen molar-refractivity contribution in [3.63, 3.8) is 0 Å². The summed E-state index contributed by atoms with van der Waals surface area (Å²) in [6.07, 6.45) is 2.53. The van der Waals surface area contributed by atoms with Gasteiger partial charge in [-0.2, -0.15) is 0 Å². The minimum atomic E-state index is 0.597. The summed E-state index contributed by atoms with van der Waals surface area (Å²) in [7, 11) is 0. The van der Waals surface area contributed by atoms with E-state index in [0.717, 1.165) is 6.54 Å². The van der Waals surface area contributed by atoms with Crippen molar-refractivity contribution in [2.24, 2.45) is 0 Å². The van der Waals surface area contributed by atoms with E-state index in [4.69, 9.17) is 0 Å². The van der Waals surface area contributed by atoms with E-state index in [1.165, 1.54) is 41.8 Å². The second kappa shape index (κ2) is 9.08. The van der Waals surface area contributed by atoms with Gasteiger partial charge in [-0.25, -0.2) is 0 Å². The number of hydrogen-bond donors (Lipinski definition) is 1. The van der Waals surface area contributed by atoms with Gasteiger partial charge < -0.3 is 10.2 Å². The molecular formula is C14H25BrN2S. The molecule has 0 bridgehead atoms. The molecule has 1 atom stereocenters. The molecule has 0 radical (unpaired) electrons. The van der Waals surface area contributed by atoms with Gasteiger partial charge in [0.15, 0.2) is 0 Å². The zero-order valence-electron chi connectivity index (χ0n) is 11.7. The van der Waals surface area contributed by atoms with Gasteiger partial charge in [0.1, 0.15) is 0 Å². The van der Waals surface area contributed by atoms with Crippen LogP contribution in [0.2, 0.25) is 0 Å². The Morgan fingerprint density at radius 3 is 2.67 bits per heavy atom. The fourth-order valence-corrected chi connectivity index (χ4v) is 3.20. The van der Waals surface area contributed by atoms with Gasteiger partial charge in [-0.05, 0) is 72.3 Å². The zero-order chi connectivity index (χ0) is 13.4. The molecule has 0 fully saturated rings. The number of rotatable bonds is 9. The molecule has 0 aliphatic rings. The van der Waals surface area contributed by atoms with Crippen LogP contribution >= 0.6 is 27.3 Å². The van der Waals surface area contributed by atoms with E-state index in [2.05, 4.69) is 58.4 Å². The van der Waals surface area contributed by atoms with Crippen LogP contribution in [-0.4, -0.2) is 30.6 Å². The monoisotopic (exact) mass is 332 g/mol. The molecule has 0 aliphatic heterocycles. The Balaban J connectivity index is 2.12. The van der Waals surface area contributed by atoms with E-state index in [-0.39, 0.29) is 0 Å². The summed E-state index contributed by atoms with van der Waals surface area (Å²) in [6.45, 7) is 11.3. The van der Waals surface area contributed by atoms with Crippen LogP contribution in [0.5, 0.6) is 0 Å². The van der Waals surface area contributed by atoms with Gasteiger partial charge in [-0.3, -0.25) is 0 Å². The summed E-state index contributed by atoms with van der Waals surface area (Å²) >= 11 is 5.25. The average Bonchev–Trinajstić information content (AvgIpc) is 2.78. The van der Waals surface area contributed by atoms with Crippen LogP contribution in [0.15, 0.2) is 15.2 Å². The topological polar surface area (TPSA) is 15.3 Å². The quantitative estimate of drug-likeness (QED) is 0.732. The predicted molar refractivity (Wildman–Crippen MR) is 85.3 cm³/mol. The summed E-state index contributed by atoms with van der Waals surface area (Å²) in [5.41, 5.74) is 1.38. The number of thiophene rings is 1. The highest BCUT2D eigenvalue weighted by Gasteiger charge is 2.04. The Morgan fingerprint density at radius 2 is 2.11 bits per heavy atom. The third kappa shape index (κ3) is 6.32. The summed E-state index contributed by atoms with van der Waals surface area (Å²) in [5.74, 6) is 0. The van der Waals surface area contributed by atoms with Crippen molar-refractivity contribution in [2.75, 3.05) is 19.6 Å². The van der Waals surface area contributed by atoms with Crippen LogP contribution in [0.3, 0.4) is 0 Å². The summed E-state index contributed by atoms with van der Waals surface area (Å²) < 4.78 is 1.22. The number of hydrogen-bond acceptors (Lipinski definition) is 3. The number of nitrogens with one attached hydrogen (secondary N) is 1. The van der Waals surface area contributed by atoms with Crippen LogP contribution in [0.1, 0.15) is 39.2 Å². The second-order valence-electron chi connectivity index (χ2n) is 4.71. The maximum atomic E-state index is 3.59. The van der Waals surface area contributed by atoms with Crippen molar-refractivity contribution < 1.29 is 0 Å². The van der Waals surface area contributed by atoms with Crippen LogP contribution < -0.4 is 5.32 Å². The molecule has 1 unspecified atom stereocenters. The van der Waals surface area contributed by atoms with Crippen molar-refractivity contribution >= 4 is 27.3 Å². The molecule has 0 saturated carbocycles. The van der Waals surface area contributed by atoms with Gasteiger partial charge in [0.2, 0.25) is 0 Å². The first-order valence-corrected chi connectivity index (χ1v) is 8.51. The van der Waals surface area contributed by atoms with Crippen LogP contribution in [0.4, 0.5) is 0 Å². The normalized spacial score (nSPS) is 13.2. The molecule has 0 aliphatic carbocycles. The maximum absolute atomic E-state index is 3.59. The van der Waals surface area contributed by atoms with Gasteiger partial charge in [0.05, 0.1) is 3.79 Å². The molecule has 0 spiro atoms. The molecule has 18 heavy (non-hydrogen) atoms. The lowest BCUT2D eigenvalue weighted by atomic mass is 10.1. The lowest BCUT2D eigenvalue weighted by Crippen LogP contribution is -2.28. The summed E-state index contributed by atoms with van der Waals surface area (Å²) in [4.78, 5) is 2.49. The van der Waals surface area contributed by atoms with Crippen LogP contribution in [0, 0.1) is 0 Å². The number of halogens is 1. The lowest BCUT2D eigenvalue weighted by Gasteiger charge is -2.19. The largest absolute Gasteiger partial charge is 0.310 e. The molecule has 0 aromatic carbocycles. The van der Waals surface area contributed by atoms with Gasteiger partial charge in [-0.1, -0.05) is 13.8 Å². The van der Waals surface area contributed by atoms with Crippen molar-refractivity contribution in [3.8, 4) is 0 Å². The molecule has 1 rings (SSSR count). The lowest BCUT2D eigenvalue weighted by molar-refractivity contribution is 0.290. The van der Waals surface area contributed by atoms with E-state index in [9.17, 15) is 0 Å². The van der Waals surface area contributed by atoms with Crippen LogP contribution in [0.25, 0.3) is 0 Å². The number of nitrogens with zero attached hydrogens (tertiary/aromatic N) is 1. The van der Waals surface area contributed by atoms with Gasteiger partial charge >= 0.3 is 0 Å². The molecule has 0 amide bonds. The molecule has 2 nitrogen and oxygen atoms in total. The van der Waals surface area contributed by atoms with E-state index in [1.54, 1.807) is 11.3 Å². The Labute approximate surface area is 124 Å². The predicted octanol–water partition coefficient (Wildman–Crippen LogP) is 4.11. The molecule has 0 saturated heterocycles. The maximum Gasteiger partial charge on any atom is 0.0701 e. The third-order valence-electron chi connectivity index (χ3n) is 3.28. The Hall–Kier alpha value is 0.100. The first-order chi connectivity index (χ1) is 8.65. The Morgan fingerprint density at radius 1 is 1.39 bits per heavy atom. The highest BCUT2D eigenvalue weighted by Crippen LogP contribution is 2.20. The van der Waals surface area contributed by atoms with E-state index in [1.807, 2.05) is 0 Å². The molecular weight excluding hydrogens is 308 g/mol. The molecule has 1 N–H and O–H groups in total. The first-order valence-electron chi connectivity index (χ1n) is 6.84. The first kappa shape index (κ1) is 16.2. The highest BCUT2D eigenvalue weighted by atomic mass is 79.9. The fourth-order valence-electron chi connectivity index (χ4n) is 1.99. The molecule has 104 valence electrons. The molecule has 1 aromatic rings. The molecule has 1 aromatic heterocycles. The van der Waals surface area contributed by atoms with Crippen molar-refractivity contribution in [1.29, 1.82) is 0 Å². The summed E-state index contributed by atoms with van der Waals surface area (Å²) in [6, 6.07) is 2.79. The van der Waals surface area contributed by atoms with Crippen molar-refractivity contribution in [2.45, 2.75) is 46.2 Å². The minimum Gasteiger partial charge on any atom is -0.310 e. The fraction of sp³-hybridized carbons (Fsp3) is 0.714. The Kier molecular flexibility index (Phi) is 8.15. The standard InChI is InChI=1S/C14H25BrN2S/c1-4-17(5-2)8-6-7-12(3)16-10-13-9-14(15)18-11-13/h9,11-12,16H,4-8,10H2,1-3H3. The van der Waals surface area contributed by atoms with Crippen LogP contribution in [-0.2, 0) is 6.54 Å². The zero-order valence-corrected chi connectivity index (χ0v) is 14.1. The van der Waals surface area contributed by atoms with Gasteiger partial charge in [0.25, 0.3) is 0 Å². The van der Waals surface area contributed by atoms with Gasteiger partial charge in [-0.15, -0.1) is 11.3 Å². The highest BCUT2D eigenvalue weighted by molar-refractivity contribution is 9.11. The summed E-state index contributed by atoms with van der Waals surface area (Å²) in [5, 5.41) is 5.80. The third-order valence-corrected chi connectivity index (χ3v) is 4.84. The average molecular weight is 333 g/mol. The van der Waals surface area contributed by atoms with Gasteiger partial charge in [0, 0.05) is 12.6 Å². The smallest absolute Gasteiger partial charge is 0.0701 e. The second-order valence-corrected chi connectivity index (χ2v) is 7.00. The Bertz CT molecular complexity index is 323. The van der Waals surface area contributed by atoms with Crippen molar-refractivity contribution in [1.82, 2.24) is 10.2 Å². The molecule has 4 heteroatoms. The van der Waals surface area contributed by atoms with E-state index >= 15 is 0 Å². The van der Waals surface area contributed by atoms with E-state index < -0.39 is 0 Å². The minimum absolute atomic E-state index is 0.597. The van der Waals surface area contributed by atoms with Crippen molar-refractivity contribution in [3.05, 3.63) is 20.8 Å². The SMILES string of the molecule is CCN(CC)CCCC(C)NCc1csc(Br)c1.